The number of hydrogen-bond acceptors (Lipinski definition) is 7. The SMILES string of the molecule is CC[C@H](C)[C@H](NC(=O)[C@H](CC(C)C)NC(=O)CCCCCCCCCCCCCCCC(=O)O)C(=O)NCC(=O)N[C@@H](CCCN=C(N)N)C(N)=O. The van der Waals surface area contributed by atoms with Crippen molar-refractivity contribution in [1.82, 2.24) is 21.3 Å². The molecule has 52 heavy (non-hydrogen) atoms. The monoisotopic (exact) mass is 739 g/mol. The highest BCUT2D eigenvalue weighted by Crippen LogP contribution is 2.14. The molecule has 0 unspecified atom stereocenters. The van der Waals surface area contributed by atoms with E-state index in [1.54, 1.807) is 0 Å². The van der Waals surface area contributed by atoms with E-state index in [1.807, 2.05) is 27.7 Å². The Hall–Kier alpha value is -3.91. The highest BCUT2D eigenvalue weighted by atomic mass is 16.4. The molecule has 0 aliphatic rings. The average molecular weight is 739 g/mol. The molecule has 300 valence electrons. The number of carboxylic acids is 1. The van der Waals surface area contributed by atoms with Crippen molar-refractivity contribution in [2.75, 3.05) is 13.1 Å². The number of nitrogens with two attached hydrogens (primary N) is 3. The summed E-state index contributed by atoms with van der Waals surface area (Å²) in [4.78, 5) is 78.2. The number of hydrogen-bond donors (Lipinski definition) is 8. The number of carbonyl (C=O) groups is 6. The number of rotatable bonds is 32. The van der Waals surface area contributed by atoms with Crippen LogP contribution in [0, 0.1) is 11.8 Å². The minimum atomic E-state index is -0.967. The van der Waals surface area contributed by atoms with Crippen LogP contribution in [-0.2, 0) is 28.8 Å². The number of guanidine groups is 1. The smallest absolute Gasteiger partial charge is 0.303 e. The van der Waals surface area contributed by atoms with Gasteiger partial charge in [0.1, 0.15) is 18.1 Å². The molecule has 0 heterocycles. The number of nitrogens with one attached hydrogen (secondary N) is 4. The number of unbranched alkanes of at least 4 members (excludes halogenated alkanes) is 12. The first kappa shape index (κ1) is 48.1. The molecule has 0 saturated heterocycles. The molecule has 15 heteroatoms. The number of nitrogens with zero attached hydrogens (tertiary/aromatic N) is 1. The molecule has 0 aliphatic carbocycles. The summed E-state index contributed by atoms with van der Waals surface area (Å²) in [7, 11) is 0. The number of aliphatic imine (C=N–C) groups is 1. The average Bonchev–Trinajstić information content (AvgIpc) is 3.07. The quantitative estimate of drug-likeness (QED) is 0.0286. The summed E-state index contributed by atoms with van der Waals surface area (Å²) >= 11 is 0. The van der Waals surface area contributed by atoms with E-state index < -0.39 is 54.3 Å². The van der Waals surface area contributed by atoms with Gasteiger partial charge < -0.3 is 43.6 Å². The van der Waals surface area contributed by atoms with Gasteiger partial charge in [-0.15, -0.1) is 0 Å². The molecule has 0 rings (SSSR count). The molecule has 0 aliphatic heterocycles. The zero-order valence-corrected chi connectivity index (χ0v) is 32.3. The predicted octanol–water partition coefficient (Wildman–Crippen LogP) is 3.12. The lowest BCUT2D eigenvalue weighted by Gasteiger charge is -2.27. The van der Waals surface area contributed by atoms with Gasteiger partial charge in [0.2, 0.25) is 29.5 Å². The van der Waals surface area contributed by atoms with Crippen LogP contribution < -0.4 is 38.5 Å². The van der Waals surface area contributed by atoms with Crippen molar-refractivity contribution in [2.45, 2.75) is 168 Å². The van der Waals surface area contributed by atoms with Gasteiger partial charge in [0.25, 0.3) is 0 Å². The van der Waals surface area contributed by atoms with E-state index in [0.29, 0.717) is 25.7 Å². The number of aliphatic carboxylic acids is 1. The Labute approximate surface area is 311 Å². The molecule has 0 aromatic heterocycles. The standard InChI is InChI=1S/C37H70N8O7/c1-5-27(4)33(36(52)42-25-31(47)43-28(34(38)50)20-19-23-41-37(39)40)45-35(51)29(24-26(2)3)44-30(46)21-17-15-13-11-9-7-6-8-10-12-14-16-18-22-32(48)49/h26-29,33H,5-25H2,1-4H3,(H2,38,50)(H,42,52)(H,43,47)(H,44,46)(H,45,51)(H,48,49)(H4,39,40,41)/t27-,28-,29-,33-/m0/s1. The van der Waals surface area contributed by atoms with Crippen LogP contribution in [0.5, 0.6) is 0 Å². The van der Waals surface area contributed by atoms with Gasteiger partial charge in [-0.1, -0.05) is 105 Å². The van der Waals surface area contributed by atoms with Crippen molar-refractivity contribution in [1.29, 1.82) is 0 Å². The summed E-state index contributed by atoms with van der Waals surface area (Å²) in [5.41, 5.74) is 16.0. The van der Waals surface area contributed by atoms with Crippen molar-refractivity contribution in [3.05, 3.63) is 0 Å². The van der Waals surface area contributed by atoms with E-state index in [1.165, 1.54) is 38.5 Å². The van der Waals surface area contributed by atoms with E-state index >= 15 is 0 Å². The van der Waals surface area contributed by atoms with Crippen molar-refractivity contribution in [2.24, 2.45) is 34.0 Å². The van der Waals surface area contributed by atoms with Gasteiger partial charge in [-0.05, 0) is 43.9 Å². The molecule has 0 saturated carbocycles. The van der Waals surface area contributed by atoms with E-state index in [-0.39, 0.29) is 43.1 Å². The molecule has 0 aromatic rings. The highest BCUT2D eigenvalue weighted by Gasteiger charge is 2.30. The maximum Gasteiger partial charge on any atom is 0.303 e. The summed E-state index contributed by atoms with van der Waals surface area (Å²) in [6, 6.07) is -2.72. The maximum absolute atomic E-state index is 13.4. The van der Waals surface area contributed by atoms with E-state index in [9.17, 15) is 28.8 Å². The third kappa shape index (κ3) is 26.0. The topological polar surface area (TPSA) is 261 Å². The first-order chi connectivity index (χ1) is 24.7. The molecule has 0 aromatic carbocycles. The Morgan fingerprint density at radius 3 is 1.60 bits per heavy atom. The molecule has 5 amide bonds. The molecular weight excluding hydrogens is 668 g/mol. The molecule has 0 bridgehead atoms. The van der Waals surface area contributed by atoms with Crippen molar-refractivity contribution in [3.63, 3.8) is 0 Å². The third-order valence-electron chi connectivity index (χ3n) is 8.99. The Morgan fingerprint density at radius 2 is 1.13 bits per heavy atom. The zero-order chi connectivity index (χ0) is 39.3. The Bertz CT molecular complexity index is 1100. The van der Waals surface area contributed by atoms with Crippen LogP contribution in [0.2, 0.25) is 0 Å². The van der Waals surface area contributed by atoms with E-state index in [2.05, 4.69) is 26.3 Å². The lowest BCUT2D eigenvalue weighted by molar-refractivity contribution is -0.137. The van der Waals surface area contributed by atoms with Gasteiger partial charge in [-0.3, -0.25) is 33.8 Å². The summed E-state index contributed by atoms with van der Waals surface area (Å²) in [6.45, 7) is 7.44. The Balaban J connectivity index is 4.69. The molecule has 11 N–H and O–H groups in total. The third-order valence-corrected chi connectivity index (χ3v) is 8.99. The minimum Gasteiger partial charge on any atom is -0.481 e. The molecule has 15 nitrogen and oxygen atoms in total. The fourth-order valence-corrected chi connectivity index (χ4v) is 5.74. The molecule has 0 fully saturated rings. The lowest BCUT2D eigenvalue weighted by atomic mass is 9.96. The largest absolute Gasteiger partial charge is 0.481 e. The summed E-state index contributed by atoms with van der Waals surface area (Å²) in [5.74, 6) is -3.52. The molecular formula is C37H70N8O7. The van der Waals surface area contributed by atoms with Crippen LogP contribution in [0.1, 0.15) is 150 Å². The van der Waals surface area contributed by atoms with Crippen LogP contribution in [-0.4, -0.2) is 77.8 Å². The first-order valence-corrected chi connectivity index (χ1v) is 19.4. The van der Waals surface area contributed by atoms with E-state index in [0.717, 1.165) is 44.9 Å². The highest BCUT2D eigenvalue weighted by molar-refractivity contribution is 5.94. The van der Waals surface area contributed by atoms with Crippen molar-refractivity contribution in [3.8, 4) is 0 Å². The Morgan fingerprint density at radius 1 is 0.635 bits per heavy atom. The van der Waals surface area contributed by atoms with Crippen molar-refractivity contribution >= 4 is 41.5 Å². The predicted molar refractivity (Wildman–Crippen MR) is 204 cm³/mol. The van der Waals surface area contributed by atoms with Crippen LogP contribution in [0.4, 0.5) is 0 Å². The van der Waals surface area contributed by atoms with Gasteiger partial charge >= 0.3 is 5.97 Å². The number of carboxylic acid groups (broad SMARTS) is 1. The fraction of sp³-hybridized carbons (Fsp3) is 0.811. The second-order valence-corrected chi connectivity index (χ2v) is 14.3. The second kappa shape index (κ2) is 29.6. The maximum atomic E-state index is 13.4. The van der Waals surface area contributed by atoms with Gasteiger partial charge in [0.15, 0.2) is 5.96 Å². The first-order valence-electron chi connectivity index (χ1n) is 19.4. The van der Waals surface area contributed by atoms with Crippen LogP contribution in [0.25, 0.3) is 0 Å². The number of amides is 5. The lowest BCUT2D eigenvalue weighted by Crippen LogP contribution is -2.57. The Kier molecular flexibility index (Phi) is 27.4. The van der Waals surface area contributed by atoms with Gasteiger partial charge in [-0.2, -0.15) is 0 Å². The fourth-order valence-electron chi connectivity index (χ4n) is 5.74. The van der Waals surface area contributed by atoms with E-state index in [4.69, 9.17) is 22.3 Å². The van der Waals surface area contributed by atoms with Crippen molar-refractivity contribution < 1.29 is 33.9 Å². The molecule has 4 atom stereocenters. The normalized spacial score (nSPS) is 13.3. The second-order valence-electron chi connectivity index (χ2n) is 14.3. The minimum absolute atomic E-state index is 0.0836. The van der Waals surface area contributed by atoms with Crippen LogP contribution >= 0.6 is 0 Å². The number of primary amides is 1. The van der Waals surface area contributed by atoms with Gasteiger partial charge in [-0.25, -0.2) is 0 Å². The zero-order valence-electron chi connectivity index (χ0n) is 32.3. The molecule has 0 spiro atoms. The summed E-state index contributed by atoms with van der Waals surface area (Å²) in [5, 5.41) is 19.4. The summed E-state index contributed by atoms with van der Waals surface area (Å²) in [6.07, 6.45) is 16.1. The van der Waals surface area contributed by atoms with Gasteiger partial charge in [0.05, 0.1) is 6.54 Å². The molecule has 0 radical (unpaired) electrons. The number of carbonyl (C=O) groups excluding carboxylic acids is 5. The van der Waals surface area contributed by atoms with Crippen LogP contribution in [0.15, 0.2) is 4.99 Å². The summed E-state index contributed by atoms with van der Waals surface area (Å²) < 4.78 is 0. The van der Waals surface area contributed by atoms with Gasteiger partial charge in [0, 0.05) is 19.4 Å². The van der Waals surface area contributed by atoms with Crippen LogP contribution in [0.3, 0.4) is 0 Å².